The molecule has 0 spiro atoms. The predicted octanol–water partition coefficient (Wildman–Crippen LogP) is 1.94. The Labute approximate surface area is 145 Å². The maximum atomic E-state index is 12.0. The van der Waals surface area contributed by atoms with E-state index < -0.39 is 11.9 Å². The fourth-order valence-electron chi connectivity index (χ4n) is 1.95. The second kappa shape index (κ2) is 8.88. The van der Waals surface area contributed by atoms with Gasteiger partial charge in [-0.05, 0) is 29.8 Å². The highest BCUT2D eigenvalue weighted by atomic mass is 16.5. The van der Waals surface area contributed by atoms with Gasteiger partial charge in [0.25, 0.3) is 5.91 Å². The van der Waals surface area contributed by atoms with Gasteiger partial charge in [0, 0.05) is 17.3 Å². The lowest BCUT2D eigenvalue weighted by molar-refractivity contribution is -0.138. The van der Waals surface area contributed by atoms with Gasteiger partial charge < -0.3 is 21.1 Å². The summed E-state index contributed by atoms with van der Waals surface area (Å²) in [5.74, 6) is -1.19. The first-order chi connectivity index (χ1) is 12.0. The zero-order chi connectivity index (χ0) is 18.1. The molecular formula is C18H18N4O3. The first-order valence-corrected chi connectivity index (χ1v) is 7.44. The predicted molar refractivity (Wildman–Crippen MR) is 95.9 cm³/mol. The van der Waals surface area contributed by atoms with Gasteiger partial charge >= 0.3 is 5.97 Å². The number of hydrogen-bond donors (Lipinski definition) is 4. The van der Waals surface area contributed by atoms with Crippen LogP contribution in [0, 0.1) is 5.41 Å². The smallest absolute Gasteiger partial charge is 0.332 e. The van der Waals surface area contributed by atoms with Gasteiger partial charge in [-0.25, -0.2) is 4.79 Å². The fourth-order valence-corrected chi connectivity index (χ4v) is 1.95. The number of nitrogens with two attached hydrogens (primary N) is 1. The van der Waals surface area contributed by atoms with Gasteiger partial charge in [-0.2, -0.15) is 0 Å². The third-order valence-electron chi connectivity index (χ3n) is 3.06. The Morgan fingerprint density at radius 1 is 1.12 bits per heavy atom. The quantitative estimate of drug-likeness (QED) is 0.211. The molecule has 25 heavy (non-hydrogen) atoms. The Balaban J connectivity index is 1.81. The lowest BCUT2D eigenvalue weighted by Gasteiger charge is -2.08. The Kier molecular flexibility index (Phi) is 6.30. The van der Waals surface area contributed by atoms with Crippen molar-refractivity contribution in [2.24, 2.45) is 5.73 Å². The molecule has 0 aliphatic rings. The molecule has 0 aliphatic carbocycles. The van der Waals surface area contributed by atoms with E-state index in [-0.39, 0.29) is 12.7 Å². The lowest BCUT2D eigenvalue weighted by Crippen LogP contribution is -2.27. The van der Waals surface area contributed by atoms with E-state index in [1.165, 1.54) is 12.1 Å². The minimum Gasteiger partial charge on any atom is -0.441 e. The molecule has 0 aromatic heterocycles. The number of carbonyl (C=O) groups is 2. The molecule has 0 aliphatic heterocycles. The van der Waals surface area contributed by atoms with Gasteiger partial charge in [0.2, 0.25) is 0 Å². The Bertz CT molecular complexity index is 788. The van der Waals surface area contributed by atoms with Crippen molar-refractivity contribution in [2.75, 3.05) is 12.0 Å². The van der Waals surface area contributed by atoms with Crippen LogP contribution in [0.15, 0.2) is 60.7 Å². The Morgan fingerprint density at radius 3 is 2.60 bits per heavy atom. The highest BCUT2D eigenvalue weighted by Crippen LogP contribution is 2.10. The number of amides is 1. The second-order valence-corrected chi connectivity index (χ2v) is 4.98. The van der Waals surface area contributed by atoms with Crippen LogP contribution in [-0.2, 0) is 9.53 Å². The fraction of sp³-hybridized carbons (Fsp3) is 0.0556. The molecule has 0 unspecified atom stereocenters. The van der Waals surface area contributed by atoms with E-state index in [1.807, 2.05) is 30.3 Å². The van der Waals surface area contributed by atoms with E-state index in [2.05, 4.69) is 10.6 Å². The van der Waals surface area contributed by atoms with E-state index in [1.54, 1.807) is 24.3 Å². The second-order valence-electron chi connectivity index (χ2n) is 4.98. The summed E-state index contributed by atoms with van der Waals surface area (Å²) in [6.07, 6.45) is 2.92. The molecule has 0 radical (unpaired) electrons. The van der Waals surface area contributed by atoms with Gasteiger partial charge in [0.1, 0.15) is 0 Å². The SMILES string of the molecule is N=C(N)Nc1cccc(C(=O)NCOC(=O)C=Cc2ccccc2)c1. The topological polar surface area (TPSA) is 117 Å². The monoisotopic (exact) mass is 338 g/mol. The molecule has 2 rings (SSSR count). The summed E-state index contributed by atoms with van der Waals surface area (Å²) in [6, 6.07) is 15.8. The molecular weight excluding hydrogens is 320 g/mol. The van der Waals surface area contributed by atoms with Crippen molar-refractivity contribution in [1.29, 1.82) is 5.41 Å². The van der Waals surface area contributed by atoms with Crippen LogP contribution >= 0.6 is 0 Å². The van der Waals surface area contributed by atoms with Crippen molar-refractivity contribution >= 4 is 29.6 Å². The summed E-state index contributed by atoms with van der Waals surface area (Å²) in [4.78, 5) is 23.6. The van der Waals surface area contributed by atoms with Gasteiger partial charge in [-0.3, -0.25) is 10.2 Å². The zero-order valence-electron chi connectivity index (χ0n) is 13.4. The summed E-state index contributed by atoms with van der Waals surface area (Å²) in [5, 5.41) is 12.2. The summed E-state index contributed by atoms with van der Waals surface area (Å²) in [7, 11) is 0. The highest BCUT2D eigenvalue weighted by molar-refractivity contribution is 5.97. The lowest BCUT2D eigenvalue weighted by atomic mass is 10.2. The third-order valence-corrected chi connectivity index (χ3v) is 3.06. The molecule has 0 fully saturated rings. The molecule has 0 atom stereocenters. The number of ether oxygens (including phenoxy) is 1. The molecule has 2 aromatic rings. The number of carbonyl (C=O) groups excluding carboxylic acids is 2. The highest BCUT2D eigenvalue weighted by Gasteiger charge is 2.07. The average molecular weight is 338 g/mol. The van der Waals surface area contributed by atoms with Crippen molar-refractivity contribution in [1.82, 2.24) is 5.32 Å². The third kappa shape index (κ3) is 6.19. The van der Waals surface area contributed by atoms with Crippen LogP contribution in [-0.4, -0.2) is 24.6 Å². The van der Waals surface area contributed by atoms with Gasteiger partial charge in [-0.15, -0.1) is 0 Å². The van der Waals surface area contributed by atoms with E-state index in [4.69, 9.17) is 15.9 Å². The normalized spacial score (nSPS) is 10.2. The summed E-state index contributed by atoms with van der Waals surface area (Å²) in [5.41, 5.74) is 6.98. The van der Waals surface area contributed by atoms with Crippen molar-refractivity contribution in [2.45, 2.75) is 0 Å². The van der Waals surface area contributed by atoms with E-state index in [0.29, 0.717) is 11.3 Å². The summed E-state index contributed by atoms with van der Waals surface area (Å²) in [6.45, 7) is -0.249. The number of nitrogens with one attached hydrogen (secondary N) is 3. The first kappa shape index (κ1) is 17.7. The molecule has 0 saturated heterocycles. The minimum absolute atomic E-state index is 0.225. The molecule has 5 N–H and O–H groups in total. The molecule has 1 amide bonds. The Hall–Kier alpha value is -3.61. The van der Waals surface area contributed by atoms with Crippen LogP contribution in [0.4, 0.5) is 5.69 Å². The summed E-state index contributed by atoms with van der Waals surface area (Å²) < 4.78 is 4.92. The summed E-state index contributed by atoms with van der Waals surface area (Å²) >= 11 is 0. The standard InChI is InChI=1S/C18H18N4O3/c19-18(20)22-15-8-4-7-14(11-15)17(24)21-12-25-16(23)10-9-13-5-2-1-3-6-13/h1-11H,12H2,(H,21,24)(H4,19,20,22). The van der Waals surface area contributed by atoms with Crippen LogP contribution in [0.2, 0.25) is 0 Å². The first-order valence-electron chi connectivity index (χ1n) is 7.44. The minimum atomic E-state index is -0.559. The van der Waals surface area contributed by atoms with Gasteiger partial charge in [0.15, 0.2) is 12.7 Å². The van der Waals surface area contributed by atoms with Crippen LogP contribution < -0.4 is 16.4 Å². The maximum Gasteiger partial charge on any atom is 0.332 e. The number of rotatable bonds is 6. The van der Waals surface area contributed by atoms with Crippen molar-refractivity contribution in [3.63, 3.8) is 0 Å². The molecule has 0 saturated carbocycles. The number of benzene rings is 2. The molecule has 0 bridgehead atoms. The van der Waals surface area contributed by atoms with E-state index in [0.717, 1.165) is 5.56 Å². The molecule has 0 heterocycles. The molecule has 2 aromatic carbocycles. The molecule has 7 heteroatoms. The van der Waals surface area contributed by atoms with E-state index >= 15 is 0 Å². The number of anilines is 1. The number of esters is 1. The van der Waals surface area contributed by atoms with Crippen LogP contribution in [0.5, 0.6) is 0 Å². The van der Waals surface area contributed by atoms with E-state index in [9.17, 15) is 9.59 Å². The number of guanidine groups is 1. The molecule has 128 valence electrons. The number of hydrogen-bond acceptors (Lipinski definition) is 4. The Morgan fingerprint density at radius 2 is 1.88 bits per heavy atom. The van der Waals surface area contributed by atoms with Crippen molar-refractivity contribution < 1.29 is 14.3 Å². The average Bonchev–Trinajstić information content (AvgIpc) is 2.60. The van der Waals surface area contributed by atoms with Crippen LogP contribution in [0.1, 0.15) is 15.9 Å². The van der Waals surface area contributed by atoms with Gasteiger partial charge in [0.05, 0.1) is 0 Å². The largest absolute Gasteiger partial charge is 0.441 e. The van der Waals surface area contributed by atoms with Crippen LogP contribution in [0.25, 0.3) is 6.08 Å². The van der Waals surface area contributed by atoms with Crippen molar-refractivity contribution in [3.8, 4) is 0 Å². The maximum absolute atomic E-state index is 12.0. The zero-order valence-corrected chi connectivity index (χ0v) is 13.4. The molecule has 7 nitrogen and oxygen atoms in total. The van der Waals surface area contributed by atoms with Gasteiger partial charge in [-0.1, -0.05) is 36.4 Å². The van der Waals surface area contributed by atoms with Crippen LogP contribution in [0.3, 0.4) is 0 Å². The van der Waals surface area contributed by atoms with Crippen molar-refractivity contribution in [3.05, 3.63) is 71.8 Å².